The molecule has 0 aromatic rings. The Morgan fingerprint density at radius 1 is 1.24 bits per heavy atom. The molecule has 0 heterocycles. The van der Waals surface area contributed by atoms with Gasteiger partial charge in [-0.05, 0) is 38.1 Å². The summed E-state index contributed by atoms with van der Waals surface area (Å²) in [6.07, 6.45) is -1.26. The van der Waals surface area contributed by atoms with Gasteiger partial charge in [-0.25, -0.2) is 0 Å². The van der Waals surface area contributed by atoms with Crippen LogP contribution in [0.25, 0.3) is 0 Å². The molecular formula is C13H22F3N3O2. The van der Waals surface area contributed by atoms with Crippen LogP contribution >= 0.6 is 0 Å². The van der Waals surface area contributed by atoms with E-state index in [9.17, 15) is 22.8 Å². The van der Waals surface area contributed by atoms with Crippen LogP contribution in [0, 0.1) is 11.8 Å². The molecule has 0 aliphatic heterocycles. The minimum absolute atomic E-state index is 0.159. The van der Waals surface area contributed by atoms with Crippen LogP contribution in [0.15, 0.2) is 0 Å². The van der Waals surface area contributed by atoms with Crippen molar-refractivity contribution in [1.29, 1.82) is 0 Å². The SMILES string of the molecule is CN(CC(=O)NCC(F)(F)F)C(=O)C1CCC(CN)CC1. The van der Waals surface area contributed by atoms with E-state index >= 15 is 0 Å². The minimum Gasteiger partial charge on any atom is -0.345 e. The van der Waals surface area contributed by atoms with E-state index in [0.717, 1.165) is 25.7 Å². The van der Waals surface area contributed by atoms with Crippen LogP contribution in [-0.2, 0) is 9.59 Å². The molecule has 0 aromatic carbocycles. The zero-order valence-corrected chi connectivity index (χ0v) is 12.1. The van der Waals surface area contributed by atoms with Crippen LogP contribution in [-0.4, -0.2) is 49.6 Å². The number of carbonyl (C=O) groups is 2. The molecule has 3 N–H and O–H groups in total. The Morgan fingerprint density at radius 3 is 2.29 bits per heavy atom. The highest BCUT2D eigenvalue weighted by atomic mass is 19.4. The smallest absolute Gasteiger partial charge is 0.345 e. The average molecular weight is 309 g/mol. The van der Waals surface area contributed by atoms with Crippen molar-refractivity contribution >= 4 is 11.8 Å². The number of nitrogens with two attached hydrogens (primary N) is 1. The highest BCUT2D eigenvalue weighted by Crippen LogP contribution is 2.29. The van der Waals surface area contributed by atoms with E-state index in [1.165, 1.54) is 11.9 Å². The predicted molar refractivity (Wildman–Crippen MR) is 71.2 cm³/mol. The third-order valence-corrected chi connectivity index (χ3v) is 3.77. The summed E-state index contributed by atoms with van der Waals surface area (Å²) in [4.78, 5) is 24.7. The lowest BCUT2D eigenvalue weighted by molar-refractivity contribution is -0.143. The molecule has 1 aliphatic carbocycles. The van der Waals surface area contributed by atoms with Crippen molar-refractivity contribution in [3.8, 4) is 0 Å². The Kier molecular flexibility index (Phi) is 6.44. The maximum absolute atomic E-state index is 12.1. The zero-order chi connectivity index (χ0) is 16.0. The van der Waals surface area contributed by atoms with Crippen molar-refractivity contribution in [3.63, 3.8) is 0 Å². The number of rotatable bonds is 5. The number of halogens is 3. The Bertz CT molecular complexity index is 366. The molecule has 8 heteroatoms. The number of nitrogens with one attached hydrogen (secondary N) is 1. The lowest BCUT2D eigenvalue weighted by atomic mass is 9.81. The van der Waals surface area contributed by atoms with Gasteiger partial charge >= 0.3 is 6.18 Å². The minimum atomic E-state index is -4.45. The van der Waals surface area contributed by atoms with Crippen molar-refractivity contribution in [3.05, 3.63) is 0 Å². The monoisotopic (exact) mass is 309 g/mol. The zero-order valence-electron chi connectivity index (χ0n) is 12.1. The first-order chi connectivity index (χ1) is 9.73. The molecule has 1 rings (SSSR count). The topological polar surface area (TPSA) is 75.4 Å². The molecule has 1 aliphatic rings. The molecule has 0 radical (unpaired) electrons. The third-order valence-electron chi connectivity index (χ3n) is 3.77. The summed E-state index contributed by atoms with van der Waals surface area (Å²) >= 11 is 0. The third kappa shape index (κ3) is 6.33. The Morgan fingerprint density at radius 2 is 1.81 bits per heavy atom. The van der Waals surface area contributed by atoms with Crippen LogP contribution in [0.3, 0.4) is 0 Å². The summed E-state index contributed by atoms with van der Waals surface area (Å²) in [6, 6.07) is 0. The van der Waals surface area contributed by atoms with Gasteiger partial charge in [0.15, 0.2) is 0 Å². The fourth-order valence-corrected chi connectivity index (χ4v) is 2.50. The summed E-state index contributed by atoms with van der Waals surface area (Å²) in [5.41, 5.74) is 5.58. The molecule has 0 saturated heterocycles. The normalized spacial score (nSPS) is 22.7. The van der Waals surface area contributed by atoms with Gasteiger partial charge in [0.1, 0.15) is 6.54 Å². The van der Waals surface area contributed by atoms with Crippen LogP contribution in [0.2, 0.25) is 0 Å². The summed E-state index contributed by atoms with van der Waals surface area (Å²) in [5.74, 6) is -0.714. The van der Waals surface area contributed by atoms with Gasteiger partial charge in [0.2, 0.25) is 11.8 Å². The summed E-state index contributed by atoms with van der Waals surface area (Å²) < 4.78 is 35.9. The van der Waals surface area contributed by atoms with Gasteiger partial charge in [0.05, 0.1) is 6.54 Å². The van der Waals surface area contributed by atoms with Gasteiger partial charge in [0.25, 0.3) is 0 Å². The lowest BCUT2D eigenvalue weighted by Crippen LogP contribution is -2.44. The van der Waals surface area contributed by atoms with E-state index in [2.05, 4.69) is 0 Å². The fourth-order valence-electron chi connectivity index (χ4n) is 2.50. The Labute approximate surface area is 122 Å². The molecule has 1 fully saturated rings. The van der Waals surface area contributed by atoms with Crippen LogP contribution in [0.5, 0.6) is 0 Å². The number of hydrogen-bond donors (Lipinski definition) is 2. The lowest BCUT2D eigenvalue weighted by Gasteiger charge is -2.29. The van der Waals surface area contributed by atoms with E-state index in [0.29, 0.717) is 12.5 Å². The molecule has 0 unspecified atom stereocenters. The molecule has 0 atom stereocenters. The van der Waals surface area contributed by atoms with E-state index in [4.69, 9.17) is 5.73 Å². The first kappa shape index (κ1) is 17.7. The van der Waals surface area contributed by atoms with Crippen LogP contribution < -0.4 is 11.1 Å². The summed E-state index contributed by atoms with van der Waals surface area (Å²) in [6.45, 7) is -1.13. The van der Waals surface area contributed by atoms with E-state index in [1.54, 1.807) is 5.32 Å². The van der Waals surface area contributed by atoms with Crippen molar-refractivity contribution in [2.45, 2.75) is 31.9 Å². The van der Waals surface area contributed by atoms with Gasteiger partial charge in [-0.1, -0.05) is 0 Å². The number of amides is 2. The van der Waals surface area contributed by atoms with Gasteiger partial charge in [0, 0.05) is 13.0 Å². The fraction of sp³-hybridized carbons (Fsp3) is 0.846. The summed E-state index contributed by atoms with van der Waals surface area (Å²) in [5, 5.41) is 1.75. The van der Waals surface area contributed by atoms with Crippen LogP contribution in [0.1, 0.15) is 25.7 Å². The highest BCUT2D eigenvalue weighted by molar-refractivity contribution is 5.85. The van der Waals surface area contributed by atoms with E-state index in [1.807, 2.05) is 0 Å². The van der Waals surface area contributed by atoms with Crippen molar-refractivity contribution in [1.82, 2.24) is 10.2 Å². The molecule has 2 amide bonds. The summed E-state index contributed by atoms with van der Waals surface area (Å²) in [7, 11) is 1.44. The predicted octanol–water partition coefficient (Wildman–Crippen LogP) is 0.888. The maximum Gasteiger partial charge on any atom is 0.405 e. The quantitative estimate of drug-likeness (QED) is 0.792. The molecule has 5 nitrogen and oxygen atoms in total. The van der Waals surface area contributed by atoms with E-state index in [-0.39, 0.29) is 18.4 Å². The molecule has 1 saturated carbocycles. The number of hydrogen-bond acceptors (Lipinski definition) is 3. The molecular weight excluding hydrogens is 287 g/mol. The van der Waals surface area contributed by atoms with Crippen molar-refractivity contribution in [2.75, 3.05) is 26.7 Å². The highest BCUT2D eigenvalue weighted by Gasteiger charge is 2.30. The number of carbonyl (C=O) groups excluding carboxylic acids is 2. The van der Waals surface area contributed by atoms with Gasteiger partial charge in [-0.3, -0.25) is 9.59 Å². The second kappa shape index (κ2) is 7.63. The second-order valence-corrected chi connectivity index (χ2v) is 5.54. The molecule has 0 spiro atoms. The molecule has 0 bridgehead atoms. The largest absolute Gasteiger partial charge is 0.405 e. The average Bonchev–Trinajstić information content (AvgIpc) is 2.43. The Balaban J connectivity index is 2.36. The van der Waals surface area contributed by atoms with Gasteiger partial charge in [-0.2, -0.15) is 13.2 Å². The van der Waals surface area contributed by atoms with Crippen molar-refractivity contribution in [2.24, 2.45) is 17.6 Å². The number of alkyl halides is 3. The Hall–Kier alpha value is -1.31. The second-order valence-electron chi connectivity index (χ2n) is 5.54. The molecule has 0 aromatic heterocycles. The van der Waals surface area contributed by atoms with Crippen LogP contribution in [0.4, 0.5) is 13.2 Å². The van der Waals surface area contributed by atoms with Crippen molar-refractivity contribution < 1.29 is 22.8 Å². The standard InChI is InChI=1S/C13H22F3N3O2/c1-19(7-11(20)18-8-13(14,15)16)12(21)10-4-2-9(6-17)3-5-10/h9-10H,2-8,17H2,1H3,(H,18,20). The van der Waals surface area contributed by atoms with E-state index < -0.39 is 18.6 Å². The number of likely N-dealkylation sites (N-methyl/N-ethyl adjacent to an activating group) is 1. The first-order valence-electron chi connectivity index (χ1n) is 7.01. The molecule has 122 valence electrons. The number of nitrogens with zero attached hydrogens (tertiary/aromatic N) is 1. The van der Waals surface area contributed by atoms with Gasteiger partial charge < -0.3 is 16.0 Å². The molecule has 21 heavy (non-hydrogen) atoms. The maximum atomic E-state index is 12.1. The van der Waals surface area contributed by atoms with Gasteiger partial charge in [-0.15, -0.1) is 0 Å². The first-order valence-corrected chi connectivity index (χ1v) is 7.01.